The van der Waals surface area contributed by atoms with E-state index in [2.05, 4.69) is 30.9 Å². The first-order valence-corrected chi connectivity index (χ1v) is 12.8. The highest BCUT2D eigenvalue weighted by Crippen LogP contribution is 2.38. The van der Waals surface area contributed by atoms with Crippen molar-refractivity contribution in [3.63, 3.8) is 0 Å². The number of phenols is 1. The maximum absolute atomic E-state index is 13.7. The third-order valence-electron chi connectivity index (χ3n) is 7.89. The molecule has 5 aromatic rings. The summed E-state index contributed by atoms with van der Waals surface area (Å²) < 4.78 is 15.4. The maximum atomic E-state index is 13.7. The van der Waals surface area contributed by atoms with Crippen molar-refractivity contribution in [1.82, 2.24) is 29.6 Å². The minimum atomic E-state index is -0.335. The van der Waals surface area contributed by atoms with Crippen LogP contribution in [0.3, 0.4) is 0 Å². The molecule has 0 aliphatic carbocycles. The summed E-state index contributed by atoms with van der Waals surface area (Å²) in [5.41, 5.74) is 5.29. The largest absolute Gasteiger partial charge is 0.508 e. The number of pyridine rings is 2. The van der Waals surface area contributed by atoms with Crippen LogP contribution in [0.4, 0.5) is 10.2 Å². The highest BCUT2D eigenvalue weighted by atomic mass is 19.1. The van der Waals surface area contributed by atoms with Crippen molar-refractivity contribution in [3.8, 4) is 34.2 Å². The Bertz CT molecular complexity index is 1740. The SMILES string of the molecule is Cn1cc(-c2cc3c(-c4ccc(N5CC6CC(C5)N6Cc5cc(F)ccc5O)nc4)c(C#N)cnc3[nH]2)cn1. The minimum Gasteiger partial charge on any atom is -0.508 e. The molecule has 2 unspecified atom stereocenters. The molecule has 0 saturated carbocycles. The van der Waals surface area contributed by atoms with Crippen LogP contribution in [0.15, 0.2) is 61.2 Å². The first kappa shape index (κ1) is 23.4. The molecule has 10 heteroatoms. The lowest BCUT2D eigenvalue weighted by Crippen LogP contribution is -2.68. The zero-order chi connectivity index (χ0) is 26.7. The van der Waals surface area contributed by atoms with E-state index in [9.17, 15) is 14.8 Å². The Labute approximate surface area is 223 Å². The molecule has 0 radical (unpaired) electrons. The summed E-state index contributed by atoms with van der Waals surface area (Å²) in [6.45, 7) is 2.16. The van der Waals surface area contributed by atoms with Gasteiger partial charge in [-0.1, -0.05) is 0 Å². The number of nitrogens with zero attached hydrogens (tertiary/aromatic N) is 7. The number of hydrogen-bond acceptors (Lipinski definition) is 7. The molecule has 3 saturated heterocycles. The van der Waals surface area contributed by atoms with Crippen LogP contribution < -0.4 is 4.90 Å². The summed E-state index contributed by atoms with van der Waals surface area (Å²) in [7, 11) is 1.87. The number of H-pyrrole nitrogens is 1. The van der Waals surface area contributed by atoms with Crippen molar-refractivity contribution in [1.29, 1.82) is 5.26 Å². The highest BCUT2D eigenvalue weighted by Gasteiger charge is 2.44. The van der Waals surface area contributed by atoms with Gasteiger partial charge in [0.25, 0.3) is 0 Å². The van der Waals surface area contributed by atoms with E-state index in [-0.39, 0.29) is 11.6 Å². The van der Waals surface area contributed by atoms with Crippen molar-refractivity contribution < 1.29 is 9.50 Å². The van der Waals surface area contributed by atoms with E-state index in [0.29, 0.717) is 35.4 Å². The number of piperidine rings is 1. The number of phenolic OH excluding ortho intramolecular Hbond substituents is 1. The molecule has 4 aromatic heterocycles. The normalized spacial score (nSPS) is 18.7. The number of benzene rings is 1. The van der Waals surface area contributed by atoms with Gasteiger partial charge in [0, 0.05) is 85.0 Å². The van der Waals surface area contributed by atoms with Gasteiger partial charge in [-0.25, -0.2) is 14.4 Å². The van der Waals surface area contributed by atoms with E-state index in [4.69, 9.17) is 4.98 Å². The lowest BCUT2D eigenvalue weighted by Gasteiger charge is -2.56. The van der Waals surface area contributed by atoms with E-state index < -0.39 is 0 Å². The van der Waals surface area contributed by atoms with Gasteiger partial charge in [-0.05, 0) is 42.8 Å². The molecule has 3 aliphatic rings. The summed E-state index contributed by atoms with van der Waals surface area (Å²) >= 11 is 0. The van der Waals surface area contributed by atoms with Crippen LogP contribution in [0, 0.1) is 17.1 Å². The summed E-state index contributed by atoms with van der Waals surface area (Å²) in [6.07, 6.45) is 8.22. The predicted molar refractivity (Wildman–Crippen MR) is 144 cm³/mol. The number of halogens is 1. The number of aromatic hydroxyl groups is 1. The molecule has 39 heavy (non-hydrogen) atoms. The molecule has 2 N–H and O–H groups in total. The monoisotopic (exact) mass is 520 g/mol. The van der Waals surface area contributed by atoms with Crippen LogP contribution in [-0.2, 0) is 13.6 Å². The van der Waals surface area contributed by atoms with Crippen LogP contribution in [-0.4, -0.2) is 59.9 Å². The fourth-order valence-corrected chi connectivity index (χ4v) is 5.92. The molecule has 0 spiro atoms. The molecule has 3 aliphatic heterocycles. The van der Waals surface area contributed by atoms with E-state index in [1.54, 1.807) is 17.1 Å². The zero-order valence-corrected chi connectivity index (χ0v) is 21.2. The van der Waals surface area contributed by atoms with Crippen molar-refractivity contribution >= 4 is 16.9 Å². The Balaban J connectivity index is 1.13. The molecule has 194 valence electrons. The summed E-state index contributed by atoms with van der Waals surface area (Å²) in [6, 6.07) is 13.1. The molecule has 9 nitrogen and oxygen atoms in total. The fraction of sp³-hybridized carbons (Fsp3) is 0.241. The number of nitriles is 1. The second-order valence-corrected chi connectivity index (χ2v) is 10.3. The van der Waals surface area contributed by atoms with Gasteiger partial charge >= 0.3 is 0 Å². The highest BCUT2D eigenvalue weighted by molar-refractivity contribution is 5.98. The first-order valence-electron chi connectivity index (χ1n) is 12.8. The Morgan fingerprint density at radius 1 is 1.08 bits per heavy atom. The minimum absolute atomic E-state index is 0.132. The lowest BCUT2D eigenvalue weighted by atomic mass is 9.86. The van der Waals surface area contributed by atoms with Gasteiger partial charge in [0.1, 0.15) is 29.1 Å². The number of piperazine rings is 1. The van der Waals surface area contributed by atoms with Gasteiger partial charge in [0.15, 0.2) is 0 Å². The van der Waals surface area contributed by atoms with Gasteiger partial charge in [-0.2, -0.15) is 10.4 Å². The van der Waals surface area contributed by atoms with E-state index in [0.717, 1.165) is 53.1 Å². The van der Waals surface area contributed by atoms with Crippen LogP contribution in [0.5, 0.6) is 5.75 Å². The van der Waals surface area contributed by atoms with Crippen molar-refractivity contribution in [2.75, 3.05) is 18.0 Å². The molecule has 0 amide bonds. The molecular formula is C29H25FN8O. The van der Waals surface area contributed by atoms with E-state index >= 15 is 0 Å². The first-order chi connectivity index (χ1) is 19.0. The number of fused-ring (bicyclic) bond motifs is 3. The number of hydrogen-bond donors (Lipinski definition) is 2. The molecule has 1 aromatic carbocycles. The topological polar surface area (TPSA) is 110 Å². The average Bonchev–Trinajstić information content (AvgIpc) is 3.59. The Hall–Kier alpha value is -4.75. The lowest BCUT2D eigenvalue weighted by molar-refractivity contribution is -0.00921. The molecule has 2 atom stereocenters. The number of anilines is 1. The number of rotatable bonds is 5. The third-order valence-corrected chi connectivity index (χ3v) is 7.89. The number of nitrogens with one attached hydrogen (secondary N) is 1. The zero-order valence-electron chi connectivity index (χ0n) is 21.2. The average molecular weight is 521 g/mol. The van der Waals surface area contributed by atoms with Crippen molar-refractivity contribution in [3.05, 3.63) is 78.1 Å². The second kappa shape index (κ2) is 8.92. The Morgan fingerprint density at radius 2 is 1.92 bits per heavy atom. The number of aryl methyl sites for hydroxylation is 1. The van der Waals surface area contributed by atoms with Crippen molar-refractivity contribution in [2.45, 2.75) is 25.0 Å². The molecule has 3 fully saturated rings. The summed E-state index contributed by atoms with van der Waals surface area (Å²) in [4.78, 5) is 17.2. The van der Waals surface area contributed by atoms with E-state index in [1.807, 2.05) is 37.6 Å². The third kappa shape index (κ3) is 3.99. The van der Waals surface area contributed by atoms with Crippen LogP contribution >= 0.6 is 0 Å². The van der Waals surface area contributed by atoms with Crippen LogP contribution in [0.1, 0.15) is 17.5 Å². The smallest absolute Gasteiger partial charge is 0.138 e. The van der Waals surface area contributed by atoms with Gasteiger partial charge in [0.05, 0.1) is 17.5 Å². The van der Waals surface area contributed by atoms with E-state index in [1.165, 1.54) is 18.2 Å². The number of aromatic amines is 1. The Kier molecular flexibility index (Phi) is 5.35. The summed E-state index contributed by atoms with van der Waals surface area (Å²) in [5.74, 6) is 0.682. The van der Waals surface area contributed by atoms with Gasteiger partial charge in [0.2, 0.25) is 0 Å². The van der Waals surface area contributed by atoms with Gasteiger partial charge in [-0.15, -0.1) is 0 Å². The van der Waals surface area contributed by atoms with Crippen LogP contribution in [0.25, 0.3) is 33.4 Å². The molecule has 2 bridgehead atoms. The van der Waals surface area contributed by atoms with Crippen molar-refractivity contribution in [2.24, 2.45) is 7.05 Å². The van der Waals surface area contributed by atoms with Gasteiger partial charge < -0.3 is 15.0 Å². The standard InChI is InChI=1S/C29H25FN8O/c1-36-13-20(12-34-36)25-8-24-28(19(9-31)11-33-29(24)35-25)17-2-5-27(32-10-17)37-15-22-7-23(16-37)38(22)14-18-6-21(30)3-4-26(18)39/h2-6,8,10-13,22-23,39H,7,14-16H2,1H3,(H,33,35). The quantitative estimate of drug-likeness (QED) is 0.357. The summed E-state index contributed by atoms with van der Waals surface area (Å²) in [5, 5.41) is 25.1. The van der Waals surface area contributed by atoms with Crippen LogP contribution in [0.2, 0.25) is 0 Å². The molecule has 7 heterocycles. The predicted octanol–water partition coefficient (Wildman–Crippen LogP) is 4.20. The molecule has 8 rings (SSSR count). The second-order valence-electron chi connectivity index (χ2n) is 10.3. The van der Waals surface area contributed by atoms with Gasteiger partial charge in [-0.3, -0.25) is 9.58 Å². The fourth-order valence-electron chi connectivity index (χ4n) is 5.92. The molecular weight excluding hydrogens is 495 g/mol. The number of aromatic nitrogens is 5. The maximum Gasteiger partial charge on any atom is 0.138 e. The Morgan fingerprint density at radius 3 is 2.64 bits per heavy atom.